The molecular weight excluding hydrogens is 266 g/mol. The number of hydrogen-bond donors (Lipinski definition) is 2. The predicted octanol–water partition coefficient (Wildman–Crippen LogP) is 1.13. The van der Waals surface area contributed by atoms with Gasteiger partial charge in [-0.15, -0.1) is 0 Å². The Labute approximate surface area is 118 Å². The number of halogens is 1. The lowest BCUT2D eigenvalue weighted by Crippen LogP contribution is -2.44. The van der Waals surface area contributed by atoms with Gasteiger partial charge in [0.15, 0.2) is 0 Å². The SMILES string of the molecule is CC(C)n1cc(Cl)cc1C(=O)N(C)[C@H]1CNC[C@@H]1O. The summed E-state index contributed by atoms with van der Waals surface area (Å²) in [5.74, 6) is -0.117. The van der Waals surface area contributed by atoms with Crippen LogP contribution in [0.4, 0.5) is 0 Å². The number of carbonyl (C=O) groups is 1. The molecule has 1 aliphatic heterocycles. The Morgan fingerprint density at radius 1 is 1.58 bits per heavy atom. The highest BCUT2D eigenvalue weighted by Gasteiger charge is 2.32. The summed E-state index contributed by atoms with van der Waals surface area (Å²) in [6.07, 6.45) is 1.24. The van der Waals surface area contributed by atoms with Gasteiger partial charge in [0.05, 0.1) is 17.2 Å². The number of amides is 1. The first-order valence-electron chi connectivity index (χ1n) is 6.45. The lowest BCUT2D eigenvalue weighted by atomic mass is 10.2. The molecular formula is C13H20ClN3O2. The number of rotatable bonds is 3. The van der Waals surface area contributed by atoms with Crippen molar-refractivity contribution < 1.29 is 9.90 Å². The van der Waals surface area contributed by atoms with Crippen LogP contribution in [0.2, 0.25) is 5.02 Å². The molecule has 0 saturated carbocycles. The number of carbonyl (C=O) groups excluding carboxylic acids is 1. The zero-order valence-corrected chi connectivity index (χ0v) is 12.2. The van der Waals surface area contributed by atoms with Gasteiger partial charge in [-0.2, -0.15) is 0 Å². The first-order chi connectivity index (χ1) is 8.91. The van der Waals surface area contributed by atoms with Crippen LogP contribution in [0.3, 0.4) is 0 Å². The minimum absolute atomic E-state index is 0.117. The van der Waals surface area contributed by atoms with E-state index in [0.29, 0.717) is 23.8 Å². The Hall–Kier alpha value is -1.04. The highest BCUT2D eigenvalue weighted by Crippen LogP contribution is 2.21. The fourth-order valence-corrected chi connectivity index (χ4v) is 2.63. The van der Waals surface area contributed by atoms with Crippen LogP contribution in [-0.2, 0) is 0 Å². The molecule has 0 bridgehead atoms. The van der Waals surface area contributed by atoms with E-state index in [1.54, 1.807) is 24.2 Å². The smallest absolute Gasteiger partial charge is 0.270 e. The van der Waals surface area contributed by atoms with Crippen LogP contribution >= 0.6 is 11.6 Å². The summed E-state index contributed by atoms with van der Waals surface area (Å²) in [5.41, 5.74) is 0.557. The first-order valence-corrected chi connectivity index (χ1v) is 6.83. The van der Waals surface area contributed by atoms with Crippen molar-refractivity contribution in [3.63, 3.8) is 0 Å². The fraction of sp³-hybridized carbons (Fsp3) is 0.615. The molecule has 1 aliphatic rings. The second-order valence-corrected chi connectivity index (χ2v) is 5.69. The van der Waals surface area contributed by atoms with E-state index in [9.17, 15) is 9.90 Å². The third kappa shape index (κ3) is 2.78. The number of likely N-dealkylation sites (N-methyl/N-ethyl adjacent to an activating group) is 1. The molecule has 1 saturated heterocycles. The van der Waals surface area contributed by atoms with Crippen molar-refractivity contribution in [2.24, 2.45) is 0 Å². The summed E-state index contributed by atoms with van der Waals surface area (Å²) in [4.78, 5) is 14.1. The summed E-state index contributed by atoms with van der Waals surface area (Å²) in [6.45, 7) is 5.13. The van der Waals surface area contributed by atoms with Crippen molar-refractivity contribution in [2.75, 3.05) is 20.1 Å². The van der Waals surface area contributed by atoms with E-state index in [2.05, 4.69) is 5.32 Å². The van der Waals surface area contributed by atoms with E-state index in [1.807, 2.05) is 18.4 Å². The molecule has 0 spiro atoms. The summed E-state index contributed by atoms with van der Waals surface area (Å²) < 4.78 is 1.86. The average Bonchev–Trinajstić information content (AvgIpc) is 2.93. The highest BCUT2D eigenvalue weighted by atomic mass is 35.5. The molecule has 1 aromatic rings. The molecule has 106 valence electrons. The molecule has 0 aromatic carbocycles. The molecule has 0 unspecified atom stereocenters. The number of aromatic nitrogens is 1. The quantitative estimate of drug-likeness (QED) is 0.875. The van der Waals surface area contributed by atoms with Crippen molar-refractivity contribution in [3.8, 4) is 0 Å². The fourth-order valence-electron chi connectivity index (χ4n) is 2.42. The van der Waals surface area contributed by atoms with Crippen LogP contribution in [0.15, 0.2) is 12.3 Å². The molecule has 6 heteroatoms. The standard InChI is InChI=1S/C13H20ClN3O2/c1-8(2)17-7-9(14)4-10(17)13(19)16(3)11-5-15-6-12(11)18/h4,7-8,11-12,15,18H,5-6H2,1-3H3/t11-,12-/m0/s1. The predicted molar refractivity (Wildman–Crippen MR) is 74.6 cm³/mol. The molecule has 1 fully saturated rings. The maximum Gasteiger partial charge on any atom is 0.270 e. The van der Waals surface area contributed by atoms with Crippen LogP contribution in [0.5, 0.6) is 0 Å². The maximum absolute atomic E-state index is 12.5. The van der Waals surface area contributed by atoms with Crippen LogP contribution < -0.4 is 5.32 Å². The number of aliphatic hydroxyl groups excluding tert-OH is 1. The lowest BCUT2D eigenvalue weighted by molar-refractivity contribution is 0.0570. The van der Waals surface area contributed by atoms with E-state index in [1.165, 1.54) is 0 Å². The van der Waals surface area contributed by atoms with Crippen LogP contribution in [0.1, 0.15) is 30.4 Å². The van der Waals surface area contributed by atoms with E-state index in [0.717, 1.165) is 0 Å². The van der Waals surface area contributed by atoms with Crippen molar-refractivity contribution >= 4 is 17.5 Å². The molecule has 2 N–H and O–H groups in total. The normalized spacial score (nSPS) is 23.1. The van der Waals surface area contributed by atoms with Gasteiger partial charge in [0.25, 0.3) is 5.91 Å². The Kier molecular flexibility index (Phi) is 4.18. The molecule has 19 heavy (non-hydrogen) atoms. The van der Waals surface area contributed by atoms with Gasteiger partial charge in [-0.05, 0) is 19.9 Å². The van der Waals surface area contributed by atoms with Gasteiger partial charge in [0, 0.05) is 32.4 Å². The highest BCUT2D eigenvalue weighted by molar-refractivity contribution is 6.31. The number of hydrogen-bond acceptors (Lipinski definition) is 3. The summed E-state index contributed by atoms with van der Waals surface area (Å²) in [6, 6.07) is 1.64. The van der Waals surface area contributed by atoms with Gasteiger partial charge < -0.3 is 19.9 Å². The van der Waals surface area contributed by atoms with Gasteiger partial charge in [-0.25, -0.2) is 0 Å². The Morgan fingerprint density at radius 2 is 2.26 bits per heavy atom. The molecule has 1 amide bonds. The minimum Gasteiger partial charge on any atom is -0.390 e. The Balaban J connectivity index is 2.24. The van der Waals surface area contributed by atoms with Gasteiger partial charge >= 0.3 is 0 Å². The number of nitrogens with one attached hydrogen (secondary N) is 1. The second kappa shape index (κ2) is 5.53. The first kappa shape index (κ1) is 14.4. The maximum atomic E-state index is 12.5. The summed E-state index contributed by atoms with van der Waals surface area (Å²) in [7, 11) is 1.72. The topological polar surface area (TPSA) is 57.5 Å². The average molecular weight is 286 g/mol. The van der Waals surface area contributed by atoms with Crippen molar-refractivity contribution in [3.05, 3.63) is 23.0 Å². The number of aliphatic hydroxyl groups is 1. The monoisotopic (exact) mass is 285 g/mol. The number of nitrogens with zero attached hydrogens (tertiary/aromatic N) is 2. The van der Waals surface area contributed by atoms with Crippen LogP contribution in [0, 0.1) is 0 Å². The summed E-state index contributed by atoms with van der Waals surface area (Å²) in [5, 5.41) is 13.5. The molecule has 2 heterocycles. The van der Waals surface area contributed by atoms with Gasteiger partial charge in [-0.3, -0.25) is 4.79 Å². The second-order valence-electron chi connectivity index (χ2n) is 5.25. The Morgan fingerprint density at radius 3 is 2.79 bits per heavy atom. The third-order valence-electron chi connectivity index (χ3n) is 3.56. The molecule has 5 nitrogen and oxygen atoms in total. The van der Waals surface area contributed by atoms with Crippen molar-refractivity contribution in [1.82, 2.24) is 14.8 Å². The molecule has 2 atom stereocenters. The Bertz CT molecular complexity index is 472. The van der Waals surface area contributed by atoms with Gasteiger partial charge in [-0.1, -0.05) is 11.6 Å². The van der Waals surface area contributed by atoms with Crippen LogP contribution in [0.25, 0.3) is 0 Å². The van der Waals surface area contributed by atoms with Gasteiger partial charge in [0.2, 0.25) is 0 Å². The lowest BCUT2D eigenvalue weighted by Gasteiger charge is -2.27. The van der Waals surface area contributed by atoms with E-state index in [4.69, 9.17) is 11.6 Å². The third-order valence-corrected chi connectivity index (χ3v) is 3.77. The van der Waals surface area contributed by atoms with Crippen molar-refractivity contribution in [2.45, 2.75) is 32.0 Å². The van der Waals surface area contributed by atoms with Gasteiger partial charge in [0.1, 0.15) is 5.69 Å². The number of β-amino-alcohol motifs (C(OH)–C–C–N with tert-alkyl or cyclic N) is 1. The van der Waals surface area contributed by atoms with Crippen molar-refractivity contribution in [1.29, 1.82) is 0 Å². The van der Waals surface area contributed by atoms with Crippen LogP contribution in [-0.4, -0.2) is 52.8 Å². The zero-order chi connectivity index (χ0) is 14.2. The molecule has 0 aliphatic carbocycles. The molecule has 2 rings (SSSR count). The minimum atomic E-state index is -0.521. The largest absolute Gasteiger partial charge is 0.390 e. The van der Waals surface area contributed by atoms with E-state index in [-0.39, 0.29) is 18.0 Å². The zero-order valence-electron chi connectivity index (χ0n) is 11.4. The van der Waals surface area contributed by atoms with E-state index < -0.39 is 6.10 Å². The molecule has 0 radical (unpaired) electrons. The van der Waals surface area contributed by atoms with E-state index >= 15 is 0 Å². The molecule has 1 aromatic heterocycles. The summed E-state index contributed by atoms with van der Waals surface area (Å²) >= 11 is 5.99.